The molecule has 138 valence electrons. The summed E-state index contributed by atoms with van der Waals surface area (Å²) in [5, 5.41) is 4.60. The van der Waals surface area contributed by atoms with Gasteiger partial charge in [-0.2, -0.15) is 5.10 Å². The van der Waals surface area contributed by atoms with Crippen LogP contribution in [0.25, 0.3) is 5.69 Å². The number of fused-ring (bicyclic) bond motifs is 1. The zero-order chi connectivity index (χ0) is 18.4. The van der Waals surface area contributed by atoms with E-state index in [1.54, 1.807) is 12.1 Å². The van der Waals surface area contributed by atoms with Gasteiger partial charge in [0.25, 0.3) is 0 Å². The van der Waals surface area contributed by atoms with E-state index in [1.807, 2.05) is 24.0 Å². The van der Waals surface area contributed by atoms with Crippen LogP contribution in [0.1, 0.15) is 47.1 Å². The lowest BCUT2D eigenvalue weighted by molar-refractivity contribution is 0.242. The van der Waals surface area contributed by atoms with Gasteiger partial charge < -0.3 is 0 Å². The van der Waals surface area contributed by atoms with Gasteiger partial charge in [-0.1, -0.05) is 0 Å². The van der Waals surface area contributed by atoms with Crippen molar-refractivity contribution in [3.8, 4) is 5.69 Å². The van der Waals surface area contributed by atoms with Crippen LogP contribution in [0.5, 0.6) is 0 Å². The van der Waals surface area contributed by atoms with Crippen molar-refractivity contribution in [3.05, 3.63) is 70.8 Å². The molecule has 3 heterocycles. The molecule has 2 aromatic heterocycles. The van der Waals surface area contributed by atoms with Crippen LogP contribution in [0.3, 0.4) is 0 Å². The smallest absolute Gasteiger partial charge is 0.131 e. The van der Waals surface area contributed by atoms with E-state index in [-0.39, 0.29) is 5.82 Å². The molecule has 2 aliphatic rings. The minimum atomic E-state index is -0.234. The third kappa shape index (κ3) is 3.37. The summed E-state index contributed by atoms with van der Waals surface area (Å²) < 4.78 is 15.0. The van der Waals surface area contributed by atoms with E-state index in [9.17, 15) is 4.39 Å². The molecule has 1 saturated carbocycles. The Hall–Kier alpha value is -2.60. The number of aromatic nitrogens is 4. The summed E-state index contributed by atoms with van der Waals surface area (Å²) in [7, 11) is 0. The molecule has 27 heavy (non-hydrogen) atoms. The largest absolute Gasteiger partial charge is 0.294 e. The summed E-state index contributed by atoms with van der Waals surface area (Å²) in [5.74, 6) is 1.41. The normalized spacial score (nSPS) is 17.1. The van der Waals surface area contributed by atoms with E-state index >= 15 is 0 Å². The summed E-state index contributed by atoms with van der Waals surface area (Å²) in [6.07, 6.45) is 7.52. The molecule has 0 N–H and O–H groups in total. The van der Waals surface area contributed by atoms with Gasteiger partial charge in [-0.05, 0) is 44.0 Å². The molecular formula is C21H22FN5. The molecule has 1 fully saturated rings. The van der Waals surface area contributed by atoms with Gasteiger partial charge in [0, 0.05) is 61.2 Å². The van der Waals surface area contributed by atoms with Gasteiger partial charge in [-0.15, -0.1) is 0 Å². The molecule has 0 spiro atoms. The van der Waals surface area contributed by atoms with Crippen LogP contribution in [0.15, 0.2) is 36.7 Å². The van der Waals surface area contributed by atoms with E-state index in [2.05, 4.69) is 15.0 Å². The lowest BCUT2D eigenvalue weighted by Gasteiger charge is -2.27. The highest BCUT2D eigenvalue weighted by Crippen LogP contribution is 2.38. The standard InChI is InChI=1S/C21H22FN5/c1-14-17(13-27(25-14)19-6-4-18(22)5-7-19)12-26-9-8-20-16(11-26)10-23-21(24-20)15-2-3-15/h4-7,10,13,15H,2-3,8-9,11-12H2,1H3. The number of rotatable bonds is 4. The van der Waals surface area contributed by atoms with Crippen LogP contribution in [0, 0.1) is 12.7 Å². The summed E-state index contributed by atoms with van der Waals surface area (Å²) >= 11 is 0. The molecule has 1 aliphatic carbocycles. The van der Waals surface area contributed by atoms with Crippen LogP contribution in [-0.2, 0) is 19.5 Å². The van der Waals surface area contributed by atoms with Crippen LogP contribution in [0.4, 0.5) is 4.39 Å². The molecule has 6 heteroatoms. The van der Waals surface area contributed by atoms with Gasteiger partial charge in [0.1, 0.15) is 11.6 Å². The van der Waals surface area contributed by atoms with Gasteiger partial charge >= 0.3 is 0 Å². The second-order valence-electron chi connectivity index (χ2n) is 7.60. The first kappa shape index (κ1) is 16.6. The van der Waals surface area contributed by atoms with Crippen molar-refractivity contribution in [2.75, 3.05) is 6.54 Å². The molecule has 0 radical (unpaired) electrons. The average Bonchev–Trinajstić information content (AvgIpc) is 3.46. The maximum absolute atomic E-state index is 13.1. The van der Waals surface area contributed by atoms with Gasteiger partial charge in [0.05, 0.1) is 11.4 Å². The highest BCUT2D eigenvalue weighted by molar-refractivity contribution is 5.33. The topological polar surface area (TPSA) is 46.8 Å². The van der Waals surface area contributed by atoms with E-state index in [4.69, 9.17) is 4.98 Å². The predicted molar refractivity (Wildman–Crippen MR) is 100 cm³/mol. The zero-order valence-electron chi connectivity index (χ0n) is 15.4. The maximum Gasteiger partial charge on any atom is 0.131 e. The first-order valence-electron chi connectivity index (χ1n) is 9.54. The van der Waals surface area contributed by atoms with Crippen molar-refractivity contribution in [3.63, 3.8) is 0 Å². The average molecular weight is 363 g/mol. The van der Waals surface area contributed by atoms with E-state index in [1.165, 1.54) is 41.8 Å². The number of hydrogen-bond donors (Lipinski definition) is 0. The fraction of sp³-hybridized carbons (Fsp3) is 0.381. The first-order valence-corrected chi connectivity index (χ1v) is 9.54. The Morgan fingerprint density at radius 3 is 2.78 bits per heavy atom. The number of hydrogen-bond acceptors (Lipinski definition) is 4. The number of aryl methyl sites for hydroxylation is 1. The van der Waals surface area contributed by atoms with E-state index < -0.39 is 0 Å². The fourth-order valence-electron chi connectivity index (χ4n) is 3.68. The highest BCUT2D eigenvalue weighted by atomic mass is 19.1. The Kier molecular flexibility index (Phi) is 4.01. The molecular weight excluding hydrogens is 341 g/mol. The summed E-state index contributed by atoms with van der Waals surface area (Å²) in [6.45, 7) is 4.74. The lowest BCUT2D eigenvalue weighted by Crippen LogP contribution is -2.31. The summed E-state index contributed by atoms with van der Waals surface area (Å²) in [6, 6.07) is 6.42. The monoisotopic (exact) mass is 363 g/mol. The molecule has 0 unspecified atom stereocenters. The fourth-order valence-corrected chi connectivity index (χ4v) is 3.68. The molecule has 5 rings (SSSR count). The van der Waals surface area contributed by atoms with Gasteiger partial charge in [0.15, 0.2) is 0 Å². The molecule has 3 aromatic rings. The summed E-state index contributed by atoms with van der Waals surface area (Å²) in [4.78, 5) is 11.8. The van der Waals surface area contributed by atoms with E-state index in [0.717, 1.165) is 43.3 Å². The predicted octanol–water partition coefficient (Wildman–Crippen LogP) is 3.55. The van der Waals surface area contributed by atoms with Crippen molar-refractivity contribution in [2.24, 2.45) is 0 Å². The molecule has 0 amide bonds. The third-order valence-electron chi connectivity index (χ3n) is 5.46. The number of benzene rings is 1. The van der Waals surface area contributed by atoms with Crippen molar-refractivity contribution in [1.82, 2.24) is 24.6 Å². The quantitative estimate of drug-likeness (QED) is 0.711. The molecule has 1 aliphatic heterocycles. The summed E-state index contributed by atoms with van der Waals surface area (Å²) in [5.41, 5.74) is 5.54. The van der Waals surface area contributed by atoms with Crippen LogP contribution >= 0.6 is 0 Å². The Balaban J connectivity index is 1.31. The molecule has 0 saturated heterocycles. The SMILES string of the molecule is Cc1nn(-c2ccc(F)cc2)cc1CN1CCc2nc(C3CC3)ncc2C1. The number of nitrogens with zero attached hydrogens (tertiary/aromatic N) is 5. The van der Waals surface area contributed by atoms with Crippen LogP contribution in [0.2, 0.25) is 0 Å². The highest BCUT2D eigenvalue weighted by Gasteiger charge is 2.28. The van der Waals surface area contributed by atoms with Crippen molar-refractivity contribution in [2.45, 2.75) is 45.2 Å². The Labute approximate surface area is 157 Å². The molecule has 0 atom stereocenters. The Morgan fingerprint density at radius 2 is 2.00 bits per heavy atom. The maximum atomic E-state index is 13.1. The van der Waals surface area contributed by atoms with Crippen molar-refractivity contribution in [1.29, 1.82) is 0 Å². The van der Waals surface area contributed by atoms with Gasteiger partial charge in [0.2, 0.25) is 0 Å². The van der Waals surface area contributed by atoms with Crippen molar-refractivity contribution < 1.29 is 4.39 Å². The Bertz CT molecular complexity index is 975. The van der Waals surface area contributed by atoms with Gasteiger partial charge in [-0.25, -0.2) is 19.0 Å². The first-order chi connectivity index (χ1) is 13.2. The minimum Gasteiger partial charge on any atom is -0.294 e. The molecule has 0 bridgehead atoms. The van der Waals surface area contributed by atoms with Crippen LogP contribution in [-0.4, -0.2) is 31.2 Å². The second kappa shape index (κ2) is 6.53. The second-order valence-corrected chi connectivity index (χ2v) is 7.60. The van der Waals surface area contributed by atoms with Gasteiger partial charge in [-0.3, -0.25) is 4.90 Å². The molecule has 5 nitrogen and oxygen atoms in total. The minimum absolute atomic E-state index is 0.234. The zero-order valence-corrected chi connectivity index (χ0v) is 15.4. The lowest BCUT2D eigenvalue weighted by atomic mass is 10.1. The van der Waals surface area contributed by atoms with Crippen LogP contribution < -0.4 is 0 Å². The third-order valence-corrected chi connectivity index (χ3v) is 5.46. The molecule has 1 aromatic carbocycles. The number of halogens is 1. The Morgan fingerprint density at radius 1 is 1.19 bits per heavy atom. The van der Waals surface area contributed by atoms with Crippen molar-refractivity contribution >= 4 is 0 Å². The van der Waals surface area contributed by atoms with E-state index in [0.29, 0.717) is 5.92 Å².